The van der Waals surface area contributed by atoms with Crippen molar-refractivity contribution in [2.45, 2.75) is 12.5 Å². The SMILES string of the molecule is NOC(CCO)c1cccc(O)c1. The Kier molecular flexibility index (Phi) is 3.70. The Morgan fingerprint density at radius 1 is 1.46 bits per heavy atom. The molecule has 4 heteroatoms. The first kappa shape index (κ1) is 9.98. The second-order valence-corrected chi connectivity index (χ2v) is 2.73. The fraction of sp³-hybridized carbons (Fsp3) is 0.333. The topological polar surface area (TPSA) is 75.7 Å². The van der Waals surface area contributed by atoms with Gasteiger partial charge in [-0.2, -0.15) is 0 Å². The molecule has 72 valence electrons. The van der Waals surface area contributed by atoms with Gasteiger partial charge < -0.3 is 10.2 Å². The van der Waals surface area contributed by atoms with Crippen LogP contribution in [0.2, 0.25) is 0 Å². The second-order valence-electron chi connectivity index (χ2n) is 2.73. The normalized spacial score (nSPS) is 12.8. The van der Waals surface area contributed by atoms with Crippen LogP contribution in [-0.4, -0.2) is 16.8 Å². The standard InChI is InChI=1S/C9H13NO3/c10-13-9(4-5-11)7-2-1-3-8(12)6-7/h1-3,6,9,11-12H,4-5,10H2. The van der Waals surface area contributed by atoms with Gasteiger partial charge in [0.25, 0.3) is 0 Å². The van der Waals surface area contributed by atoms with Crippen LogP contribution in [0, 0.1) is 0 Å². The number of nitrogens with two attached hydrogens (primary N) is 1. The minimum absolute atomic E-state index is 0.00246. The average Bonchev–Trinajstić information content (AvgIpc) is 2.14. The van der Waals surface area contributed by atoms with Crippen molar-refractivity contribution < 1.29 is 15.1 Å². The van der Waals surface area contributed by atoms with E-state index in [0.717, 1.165) is 5.56 Å². The van der Waals surface area contributed by atoms with Crippen molar-refractivity contribution in [3.05, 3.63) is 29.8 Å². The molecule has 0 fully saturated rings. The molecule has 0 aliphatic rings. The van der Waals surface area contributed by atoms with Gasteiger partial charge in [-0.15, -0.1) is 0 Å². The molecule has 13 heavy (non-hydrogen) atoms. The first-order chi connectivity index (χ1) is 6.27. The van der Waals surface area contributed by atoms with E-state index < -0.39 is 0 Å². The van der Waals surface area contributed by atoms with E-state index in [9.17, 15) is 0 Å². The zero-order valence-electron chi connectivity index (χ0n) is 7.18. The largest absolute Gasteiger partial charge is 0.508 e. The Labute approximate surface area is 76.5 Å². The smallest absolute Gasteiger partial charge is 0.115 e. The fourth-order valence-corrected chi connectivity index (χ4v) is 1.16. The van der Waals surface area contributed by atoms with Crippen LogP contribution in [0.1, 0.15) is 18.1 Å². The maximum absolute atomic E-state index is 9.17. The molecule has 0 saturated carbocycles. The molecular weight excluding hydrogens is 170 g/mol. The Bertz CT molecular complexity index is 265. The Hall–Kier alpha value is -1.10. The van der Waals surface area contributed by atoms with Gasteiger partial charge in [0.05, 0.1) is 0 Å². The van der Waals surface area contributed by atoms with Crippen LogP contribution in [0.3, 0.4) is 0 Å². The van der Waals surface area contributed by atoms with Crippen LogP contribution in [0.4, 0.5) is 0 Å². The molecule has 0 bridgehead atoms. The summed E-state index contributed by atoms with van der Waals surface area (Å²) in [5, 5.41) is 17.9. The van der Waals surface area contributed by atoms with Crippen LogP contribution in [-0.2, 0) is 4.84 Å². The highest BCUT2D eigenvalue weighted by Crippen LogP contribution is 2.22. The molecular formula is C9H13NO3. The van der Waals surface area contributed by atoms with Gasteiger partial charge in [-0.3, -0.25) is 4.84 Å². The third-order valence-electron chi connectivity index (χ3n) is 1.80. The Morgan fingerprint density at radius 2 is 2.23 bits per heavy atom. The van der Waals surface area contributed by atoms with E-state index in [0.29, 0.717) is 6.42 Å². The number of phenols is 1. The van der Waals surface area contributed by atoms with Crippen LogP contribution >= 0.6 is 0 Å². The minimum Gasteiger partial charge on any atom is -0.508 e. The Balaban J connectivity index is 2.78. The summed E-state index contributed by atoms with van der Waals surface area (Å²) in [5.41, 5.74) is 0.761. The lowest BCUT2D eigenvalue weighted by molar-refractivity contribution is 0.0341. The lowest BCUT2D eigenvalue weighted by Gasteiger charge is -2.13. The quantitative estimate of drug-likeness (QED) is 0.601. The first-order valence-corrected chi connectivity index (χ1v) is 4.03. The number of aliphatic hydroxyl groups is 1. The molecule has 0 heterocycles. The number of hydrogen-bond donors (Lipinski definition) is 3. The maximum atomic E-state index is 9.17. The van der Waals surface area contributed by atoms with Gasteiger partial charge in [-0.25, -0.2) is 5.90 Å². The van der Waals surface area contributed by atoms with Crippen molar-refractivity contribution >= 4 is 0 Å². The zero-order chi connectivity index (χ0) is 9.68. The molecule has 0 aliphatic carbocycles. The summed E-state index contributed by atoms with van der Waals surface area (Å²) in [6.45, 7) is -0.00246. The van der Waals surface area contributed by atoms with E-state index in [-0.39, 0.29) is 18.5 Å². The molecule has 4 N–H and O–H groups in total. The molecule has 0 spiro atoms. The van der Waals surface area contributed by atoms with E-state index in [1.807, 2.05) is 0 Å². The predicted octanol–water partition coefficient (Wildman–Crippen LogP) is 0.706. The van der Waals surface area contributed by atoms with Gasteiger partial charge in [0.2, 0.25) is 0 Å². The number of aromatic hydroxyl groups is 1. The number of aliphatic hydroxyl groups excluding tert-OH is 1. The molecule has 0 saturated heterocycles. The zero-order valence-corrected chi connectivity index (χ0v) is 7.18. The third kappa shape index (κ3) is 2.69. The second kappa shape index (κ2) is 4.81. The van der Waals surface area contributed by atoms with E-state index >= 15 is 0 Å². The molecule has 1 unspecified atom stereocenters. The van der Waals surface area contributed by atoms with Gasteiger partial charge in [-0.1, -0.05) is 12.1 Å². The number of hydrogen-bond acceptors (Lipinski definition) is 4. The number of benzene rings is 1. The average molecular weight is 183 g/mol. The molecule has 1 aromatic rings. The highest BCUT2D eigenvalue weighted by molar-refractivity contribution is 5.28. The minimum atomic E-state index is -0.364. The van der Waals surface area contributed by atoms with Gasteiger partial charge in [0.1, 0.15) is 11.9 Å². The van der Waals surface area contributed by atoms with Crippen molar-refractivity contribution in [2.75, 3.05) is 6.61 Å². The highest BCUT2D eigenvalue weighted by Gasteiger charge is 2.10. The van der Waals surface area contributed by atoms with E-state index in [2.05, 4.69) is 4.84 Å². The molecule has 1 atom stereocenters. The molecule has 1 aromatic carbocycles. The molecule has 4 nitrogen and oxygen atoms in total. The monoisotopic (exact) mass is 183 g/mol. The predicted molar refractivity (Wildman–Crippen MR) is 47.8 cm³/mol. The summed E-state index contributed by atoms with van der Waals surface area (Å²) >= 11 is 0. The van der Waals surface area contributed by atoms with Crippen LogP contribution in [0.25, 0.3) is 0 Å². The van der Waals surface area contributed by atoms with E-state index in [4.69, 9.17) is 16.1 Å². The van der Waals surface area contributed by atoms with Crippen molar-refractivity contribution in [2.24, 2.45) is 5.90 Å². The van der Waals surface area contributed by atoms with Gasteiger partial charge in [0, 0.05) is 13.0 Å². The summed E-state index contributed by atoms with van der Waals surface area (Å²) in [6, 6.07) is 6.62. The Morgan fingerprint density at radius 3 is 2.77 bits per heavy atom. The molecule has 0 radical (unpaired) electrons. The van der Waals surface area contributed by atoms with Gasteiger partial charge >= 0.3 is 0 Å². The highest BCUT2D eigenvalue weighted by atomic mass is 16.6. The summed E-state index contributed by atoms with van der Waals surface area (Å²) in [4.78, 5) is 4.66. The van der Waals surface area contributed by atoms with Crippen molar-refractivity contribution in [3.63, 3.8) is 0 Å². The molecule has 1 rings (SSSR count). The van der Waals surface area contributed by atoms with Crippen molar-refractivity contribution in [1.82, 2.24) is 0 Å². The lowest BCUT2D eigenvalue weighted by Crippen LogP contribution is -2.10. The summed E-state index contributed by atoms with van der Waals surface area (Å²) in [7, 11) is 0. The van der Waals surface area contributed by atoms with Crippen LogP contribution in [0.15, 0.2) is 24.3 Å². The molecule has 0 aromatic heterocycles. The van der Waals surface area contributed by atoms with Crippen molar-refractivity contribution in [3.8, 4) is 5.75 Å². The van der Waals surface area contributed by atoms with Crippen LogP contribution in [0.5, 0.6) is 5.75 Å². The van der Waals surface area contributed by atoms with E-state index in [1.54, 1.807) is 24.3 Å². The maximum Gasteiger partial charge on any atom is 0.115 e. The number of phenolic OH excluding ortho intramolecular Hbond substituents is 1. The third-order valence-corrected chi connectivity index (χ3v) is 1.80. The summed E-state index contributed by atoms with van der Waals surface area (Å²) < 4.78 is 0. The van der Waals surface area contributed by atoms with Crippen molar-refractivity contribution in [1.29, 1.82) is 0 Å². The van der Waals surface area contributed by atoms with Gasteiger partial charge in [0.15, 0.2) is 0 Å². The first-order valence-electron chi connectivity index (χ1n) is 4.03. The van der Waals surface area contributed by atoms with E-state index in [1.165, 1.54) is 0 Å². The summed E-state index contributed by atoms with van der Waals surface area (Å²) in [5.74, 6) is 5.21. The van der Waals surface area contributed by atoms with Gasteiger partial charge in [-0.05, 0) is 17.7 Å². The fourth-order valence-electron chi connectivity index (χ4n) is 1.16. The lowest BCUT2D eigenvalue weighted by atomic mass is 10.1. The summed E-state index contributed by atoms with van der Waals surface area (Å²) in [6.07, 6.45) is 0.0528. The molecule has 0 amide bonds. The molecule has 0 aliphatic heterocycles. The number of rotatable bonds is 4. The van der Waals surface area contributed by atoms with Crippen LogP contribution < -0.4 is 5.90 Å².